The summed E-state index contributed by atoms with van der Waals surface area (Å²) in [6.45, 7) is -0.730. The van der Waals surface area contributed by atoms with Gasteiger partial charge in [-0.15, -0.1) is 0 Å². The van der Waals surface area contributed by atoms with Gasteiger partial charge in [0.25, 0.3) is 11.8 Å². The van der Waals surface area contributed by atoms with Gasteiger partial charge < -0.3 is 14.8 Å². The van der Waals surface area contributed by atoms with E-state index in [1.807, 2.05) is 0 Å². The molecule has 0 aromatic carbocycles. The molecule has 0 aliphatic carbocycles. The van der Waals surface area contributed by atoms with Crippen molar-refractivity contribution in [2.75, 3.05) is 6.61 Å². The number of nitrogens with zero attached hydrogens (tertiary/aromatic N) is 3. The predicted octanol–water partition coefficient (Wildman–Crippen LogP) is 1.06. The molecule has 0 saturated carbocycles. The number of allylic oxidation sites excluding steroid dienone is 1. The zero-order valence-electron chi connectivity index (χ0n) is 14.4. The van der Waals surface area contributed by atoms with Crippen LogP contribution in [0.25, 0.3) is 6.08 Å². The first-order chi connectivity index (χ1) is 13.8. The van der Waals surface area contributed by atoms with Crippen LogP contribution in [-0.2, 0) is 4.79 Å². The number of nitro groups is 2. The Morgan fingerprint density at radius 2 is 2.00 bits per heavy atom. The Kier molecular flexibility index (Phi) is 7.27. The minimum atomic E-state index is -1.34. The minimum absolute atomic E-state index is 0.00178. The Morgan fingerprint density at radius 3 is 2.59 bits per heavy atom. The van der Waals surface area contributed by atoms with E-state index in [1.54, 1.807) is 0 Å². The van der Waals surface area contributed by atoms with Crippen molar-refractivity contribution >= 4 is 46.3 Å². The summed E-state index contributed by atoms with van der Waals surface area (Å²) in [5.74, 6) is -1.82. The number of hydrazone groups is 1. The Hall–Kier alpha value is -3.91. The second kappa shape index (κ2) is 9.86. The van der Waals surface area contributed by atoms with Crippen molar-refractivity contribution in [1.29, 1.82) is 0 Å². The summed E-state index contributed by atoms with van der Waals surface area (Å²) in [7, 11) is 0. The van der Waals surface area contributed by atoms with Gasteiger partial charge in [0.15, 0.2) is 0 Å². The molecule has 0 aliphatic rings. The van der Waals surface area contributed by atoms with E-state index in [2.05, 4.69) is 15.8 Å². The van der Waals surface area contributed by atoms with E-state index < -0.39 is 40.2 Å². The molecular weight excluding hydrogens is 410 g/mol. The number of rotatable bonds is 9. The molecule has 2 rings (SSSR count). The number of aliphatic hydroxyl groups is 1. The molecule has 1 atom stereocenters. The molecule has 3 N–H and O–H groups in total. The Balaban J connectivity index is 1.87. The lowest BCUT2D eigenvalue weighted by Gasteiger charge is -2.13. The predicted molar refractivity (Wildman–Crippen MR) is 100 cm³/mol. The molecule has 0 spiro atoms. The van der Waals surface area contributed by atoms with Crippen LogP contribution in [0.1, 0.15) is 15.4 Å². The highest BCUT2D eigenvalue weighted by Crippen LogP contribution is 2.23. The topological polar surface area (TPSA) is 190 Å². The lowest BCUT2D eigenvalue weighted by Crippen LogP contribution is -2.47. The molecule has 152 valence electrons. The van der Waals surface area contributed by atoms with Crippen LogP contribution in [0, 0.1) is 20.2 Å². The van der Waals surface area contributed by atoms with Crippen LogP contribution in [-0.4, -0.2) is 45.6 Å². The van der Waals surface area contributed by atoms with Crippen molar-refractivity contribution in [3.8, 4) is 0 Å². The molecule has 13 nitrogen and oxygen atoms in total. The molecule has 0 fully saturated rings. The monoisotopic (exact) mass is 423 g/mol. The molecule has 2 aromatic heterocycles. The molecule has 0 radical (unpaired) electrons. The van der Waals surface area contributed by atoms with E-state index in [1.165, 1.54) is 30.4 Å². The average molecular weight is 423 g/mol. The summed E-state index contributed by atoms with van der Waals surface area (Å²) >= 11 is 0.625. The van der Waals surface area contributed by atoms with Crippen LogP contribution < -0.4 is 10.7 Å². The lowest BCUT2D eigenvalue weighted by atomic mass is 10.3. The third-order valence-electron chi connectivity index (χ3n) is 3.19. The summed E-state index contributed by atoms with van der Waals surface area (Å²) in [5.41, 5.74) is 2.08. The molecule has 14 heteroatoms. The first kappa shape index (κ1) is 21.4. The van der Waals surface area contributed by atoms with Crippen LogP contribution in [0.2, 0.25) is 0 Å². The Morgan fingerprint density at radius 1 is 1.24 bits per heavy atom. The van der Waals surface area contributed by atoms with Crippen molar-refractivity contribution in [3.05, 3.63) is 61.2 Å². The quantitative estimate of drug-likeness (QED) is 0.303. The molecule has 0 unspecified atom stereocenters. The van der Waals surface area contributed by atoms with Gasteiger partial charge >= 0.3 is 10.9 Å². The number of hydrogen-bond donors (Lipinski definition) is 3. The summed E-state index contributed by atoms with van der Waals surface area (Å²) < 4.78 is 4.87. The first-order valence-electron chi connectivity index (χ1n) is 7.71. The third kappa shape index (κ3) is 6.05. The third-order valence-corrected chi connectivity index (χ3v) is 4.22. The normalized spacial score (nSPS) is 12.2. The van der Waals surface area contributed by atoms with E-state index in [0.29, 0.717) is 11.3 Å². The van der Waals surface area contributed by atoms with Crippen LogP contribution in [0.15, 0.2) is 39.9 Å². The minimum Gasteiger partial charge on any atom is -0.401 e. The van der Waals surface area contributed by atoms with E-state index in [0.717, 1.165) is 12.3 Å². The van der Waals surface area contributed by atoms with Crippen molar-refractivity contribution in [2.45, 2.75) is 6.04 Å². The van der Waals surface area contributed by atoms with Crippen LogP contribution in [0.3, 0.4) is 0 Å². The highest BCUT2D eigenvalue weighted by atomic mass is 32.1. The standard InChI is InChI=1S/C15H13N5O8S/c21-8-10(17-15(23)11-4-6-13(29-11)20(26)27)14(22)18-16-7-1-2-9-3-5-12(28-9)19(24)25/h1-7,10,21H,8H2,(H,17,23)(H,18,22)/b2-1+,16-7-/t10-/m0/s1. The molecule has 0 saturated heterocycles. The van der Waals surface area contributed by atoms with Gasteiger partial charge in [-0.3, -0.25) is 29.8 Å². The van der Waals surface area contributed by atoms with Crippen LogP contribution in [0.5, 0.6) is 0 Å². The van der Waals surface area contributed by atoms with Crippen molar-refractivity contribution < 1.29 is 29.0 Å². The summed E-state index contributed by atoms with van der Waals surface area (Å²) in [6.07, 6.45) is 3.84. The maximum Gasteiger partial charge on any atom is 0.433 e. The fraction of sp³-hybridized carbons (Fsp3) is 0.133. The van der Waals surface area contributed by atoms with E-state index in [9.17, 15) is 34.9 Å². The summed E-state index contributed by atoms with van der Waals surface area (Å²) in [5, 5.41) is 36.0. The smallest absolute Gasteiger partial charge is 0.401 e. The number of thiophene rings is 1. The van der Waals surface area contributed by atoms with Gasteiger partial charge in [-0.1, -0.05) is 11.3 Å². The van der Waals surface area contributed by atoms with E-state index >= 15 is 0 Å². The molecule has 0 bridgehead atoms. The number of carbonyl (C=O) groups excluding carboxylic acids is 2. The summed E-state index contributed by atoms with van der Waals surface area (Å²) in [6, 6.07) is 3.59. The Bertz CT molecular complexity index is 979. The fourth-order valence-electron chi connectivity index (χ4n) is 1.86. The second-order valence-corrected chi connectivity index (χ2v) is 6.21. The number of aliphatic hydroxyl groups excluding tert-OH is 1. The number of furan rings is 1. The van der Waals surface area contributed by atoms with Gasteiger partial charge in [-0.05, 0) is 24.3 Å². The maximum atomic E-state index is 12.0. The number of carbonyl (C=O) groups is 2. The van der Waals surface area contributed by atoms with E-state index in [4.69, 9.17) is 4.42 Å². The van der Waals surface area contributed by atoms with Crippen molar-refractivity contribution in [2.24, 2.45) is 5.10 Å². The zero-order chi connectivity index (χ0) is 21.4. The van der Waals surface area contributed by atoms with Crippen molar-refractivity contribution in [3.63, 3.8) is 0 Å². The summed E-state index contributed by atoms with van der Waals surface area (Å²) in [4.78, 5) is 43.7. The van der Waals surface area contributed by atoms with Gasteiger partial charge in [-0.2, -0.15) is 5.10 Å². The largest absolute Gasteiger partial charge is 0.433 e. The molecule has 0 aliphatic heterocycles. The second-order valence-electron chi connectivity index (χ2n) is 5.15. The zero-order valence-corrected chi connectivity index (χ0v) is 15.2. The first-order valence-corrected chi connectivity index (χ1v) is 8.53. The van der Waals surface area contributed by atoms with Crippen LogP contribution >= 0.6 is 11.3 Å². The van der Waals surface area contributed by atoms with Gasteiger partial charge in [0, 0.05) is 12.3 Å². The van der Waals surface area contributed by atoms with Gasteiger partial charge in [-0.25, -0.2) is 5.43 Å². The average Bonchev–Trinajstić information content (AvgIpc) is 3.35. The van der Waals surface area contributed by atoms with E-state index in [-0.39, 0.29) is 15.6 Å². The van der Waals surface area contributed by atoms with Crippen molar-refractivity contribution in [1.82, 2.24) is 10.7 Å². The van der Waals surface area contributed by atoms with Gasteiger partial charge in [0.05, 0.1) is 22.5 Å². The molecule has 29 heavy (non-hydrogen) atoms. The lowest BCUT2D eigenvalue weighted by molar-refractivity contribution is -0.402. The maximum absolute atomic E-state index is 12.0. The number of nitrogens with one attached hydrogen (secondary N) is 2. The SMILES string of the molecule is O=C(N[C@@H](CO)C(=O)N/N=C\C=C\c1ccc([N+](=O)[O-])o1)c1ccc([N+](=O)[O-])s1. The fourth-order valence-corrected chi connectivity index (χ4v) is 2.58. The molecular formula is C15H13N5O8S. The number of hydrogen-bond acceptors (Lipinski definition) is 10. The highest BCUT2D eigenvalue weighted by Gasteiger charge is 2.22. The molecule has 2 amide bonds. The molecule has 2 heterocycles. The van der Waals surface area contributed by atoms with Crippen LogP contribution in [0.4, 0.5) is 10.9 Å². The number of amides is 2. The van der Waals surface area contributed by atoms with Gasteiger partial charge in [0.2, 0.25) is 0 Å². The Labute approximate surface area is 165 Å². The van der Waals surface area contributed by atoms with Gasteiger partial charge in [0.1, 0.15) is 16.7 Å². The highest BCUT2D eigenvalue weighted by molar-refractivity contribution is 7.17. The molecule has 2 aromatic rings.